The third-order valence-electron chi connectivity index (χ3n) is 3.43. The van der Waals surface area contributed by atoms with E-state index in [2.05, 4.69) is 12.0 Å². The van der Waals surface area contributed by atoms with Crippen molar-refractivity contribution in [3.63, 3.8) is 0 Å². The molecular formula is C14H25N3O. The van der Waals surface area contributed by atoms with Crippen LogP contribution in [-0.4, -0.2) is 22.1 Å². The lowest BCUT2D eigenvalue weighted by molar-refractivity contribution is -0.119. The lowest BCUT2D eigenvalue weighted by atomic mass is 9.94. The summed E-state index contributed by atoms with van der Waals surface area (Å²) < 4.78 is 1.77. The molecule has 1 heterocycles. The second kappa shape index (κ2) is 8.03. The maximum atomic E-state index is 11.8. The molecule has 2 N–H and O–H groups in total. The van der Waals surface area contributed by atoms with Crippen LogP contribution < -0.4 is 5.73 Å². The molecule has 0 amide bonds. The summed E-state index contributed by atoms with van der Waals surface area (Å²) in [4.78, 5) is 11.8. The average Bonchev–Trinajstić information content (AvgIpc) is 2.77. The van der Waals surface area contributed by atoms with Crippen LogP contribution in [0.4, 0.5) is 0 Å². The van der Waals surface area contributed by atoms with Crippen molar-refractivity contribution in [2.45, 2.75) is 45.4 Å². The Bertz CT molecular complexity index is 360. The summed E-state index contributed by atoms with van der Waals surface area (Å²) in [5.74, 6) is 0.965. The van der Waals surface area contributed by atoms with E-state index < -0.39 is 0 Å². The van der Waals surface area contributed by atoms with Gasteiger partial charge in [-0.1, -0.05) is 13.3 Å². The minimum absolute atomic E-state index is 0.356. The molecule has 4 nitrogen and oxygen atoms in total. The lowest BCUT2D eigenvalue weighted by Crippen LogP contribution is -2.10. The fourth-order valence-corrected chi connectivity index (χ4v) is 2.16. The molecule has 0 aliphatic carbocycles. The van der Waals surface area contributed by atoms with Gasteiger partial charge >= 0.3 is 0 Å². The standard InChI is InChI=1S/C14H25N3O/c1-3-12(8-9-15)4-6-14(18)7-5-13-10-16-17(2)11-13/h10-12H,3-9,15H2,1-2H3. The van der Waals surface area contributed by atoms with Gasteiger partial charge in [-0.25, -0.2) is 0 Å². The van der Waals surface area contributed by atoms with Crippen LogP contribution in [0.3, 0.4) is 0 Å². The molecule has 0 saturated heterocycles. The molecule has 0 aromatic carbocycles. The van der Waals surface area contributed by atoms with Crippen molar-refractivity contribution in [3.8, 4) is 0 Å². The number of carbonyl (C=O) groups is 1. The second-order valence-electron chi connectivity index (χ2n) is 4.95. The Hall–Kier alpha value is -1.16. The largest absolute Gasteiger partial charge is 0.330 e. The van der Waals surface area contributed by atoms with Gasteiger partial charge in [-0.3, -0.25) is 9.48 Å². The molecule has 102 valence electrons. The average molecular weight is 251 g/mol. The van der Waals surface area contributed by atoms with Gasteiger partial charge in [-0.05, 0) is 37.3 Å². The van der Waals surface area contributed by atoms with Crippen LogP contribution in [-0.2, 0) is 18.3 Å². The molecule has 1 atom stereocenters. The van der Waals surface area contributed by atoms with Gasteiger partial charge in [0.25, 0.3) is 0 Å². The third kappa shape index (κ3) is 5.45. The molecule has 18 heavy (non-hydrogen) atoms. The molecule has 0 fully saturated rings. The van der Waals surface area contributed by atoms with E-state index in [0.29, 0.717) is 24.5 Å². The molecule has 1 unspecified atom stereocenters. The van der Waals surface area contributed by atoms with E-state index in [1.807, 2.05) is 19.4 Å². The van der Waals surface area contributed by atoms with E-state index in [0.717, 1.165) is 37.8 Å². The molecule has 1 aromatic rings. The van der Waals surface area contributed by atoms with Crippen molar-refractivity contribution < 1.29 is 4.79 Å². The van der Waals surface area contributed by atoms with Crippen LogP contribution in [0.5, 0.6) is 0 Å². The zero-order valence-corrected chi connectivity index (χ0v) is 11.6. The minimum atomic E-state index is 0.356. The lowest BCUT2D eigenvalue weighted by Gasteiger charge is -2.12. The second-order valence-corrected chi connectivity index (χ2v) is 4.95. The highest BCUT2D eigenvalue weighted by molar-refractivity contribution is 5.78. The first kappa shape index (κ1) is 14.9. The number of nitrogens with two attached hydrogens (primary N) is 1. The summed E-state index contributed by atoms with van der Waals surface area (Å²) in [7, 11) is 1.89. The summed E-state index contributed by atoms with van der Waals surface area (Å²) in [6.07, 6.45) is 9.07. The summed E-state index contributed by atoms with van der Waals surface area (Å²) in [5.41, 5.74) is 6.69. The van der Waals surface area contributed by atoms with Crippen LogP contribution in [0.1, 0.15) is 44.6 Å². The number of hydrogen-bond acceptors (Lipinski definition) is 3. The van der Waals surface area contributed by atoms with E-state index >= 15 is 0 Å². The van der Waals surface area contributed by atoms with Crippen molar-refractivity contribution in [1.82, 2.24) is 9.78 Å². The van der Waals surface area contributed by atoms with Gasteiger partial charge in [0.1, 0.15) is 5.78 Å². The van der Waals surface area contributed by atoms with Crippen LogP contribution in [0.2, 0.25) is 0 Å². The Morgan fingerprint density at radius 3 is 2.78 bits per heavy atom. The molecule has 0 bridgehead atoms. The highest BCUT2D eigenvalue weighted by atomic mass is 16.1. The van der Waals surface area contributed by atoms with Crippen LogP contribution in [0, 0.1) is 5.92 Å². The van der Waals surface area contributed by atoms with E-state index in [9.17, 15) is 4.79 Å². The molecule has 0 saturated carbocycles. The van der Waals surface area contributed by atoms with Crippen molar-refractivity contribution >= 4 is 5.78 Å². The Kier molecular flexibility index (Phi) is 6.65. The zero-order valence-electron chi connectivity index (χ0n) is 11.6. The maximum absolute atomic E-state index is 11.8. The Balaban J connectivity index is 2.21. The molecule has 0 spiro atoms. The molecule has 1 aromatic heterocycles. The predicted molar refractivity (Wildman–Crippen MR) is 73.2 cm³/mol. The number of aryl methyl sites for hydroxylation is 2. The van der Waals surface area contributed by atoms with Gasteiger partial charge in [-0.2, -0.15) is 5.10 Å². The van der Waals surface area contributed by atoms with Gasteiger partial charge in [-0.15, -0.1) is 0 Å². The summed E-state index contributed by atoms with van der Waals surface area (Å²) in [6, 6.07) is 0. The topological polar surface area (TPSA) is 60.9 Å². The van der Waals surface area contributed by atoms with Crippen LogP contribution in [0.15, 0.2) is 12.4 Å². The van der Waals surface area contributed by atoms with Gasteiger partial charge in [0.05, 0.1) is 6.20 Å². The zero-order chi connectivity index (χ0) is 13.4. The number of rotatable bonds is 9. The smallest absolute Gasteiger partial charge is 0.133 e. The first-order valence-corrected chi connectivity index (χ1v) is 6.85. The van der Waals surface area contributed by atoms with Gasteiger partial charge in [0.15, 0.2) is 0 Å². The normalized spacial score (nSPS) is 12.6. The summed E-state index contributed by atoms with van der Waals surface area (Å²) >= 11 is 0. The van der Waals surface area contributed by atoms with E-state index in [-0.39, 0.29) is 0 Å². The monoisotopic (exact) mass is 251 g/mol. The number of aromatic nitrogens is 2. The van der Waals surface area contributed by atoms with Crippen molar-refractivity contribution in [3.05, 3.63) is 18.0 Å². The molecule has 1 rings (SSSR count). The van der Waals surface area contributed by atoms with Crippen LogP contribution in [0.25, 0.3) is 0 Å². The first-order valence-electron chi connectivity index (χ1n) is 6.85. The minimum Gasteiger partial charge on any atom is -0.330 e. The fraction of sp³-hybridized carbons (Fsp3) is 0.714. The molecule has 0 aliphatic heterocycles. The maximum Gasteiger partial charge on any atom is 0.133 e. The molecule has 4 heteroatoms. The van der Waals surface area contributed by atoms with E-state index in [1.165, 1.54) is 0 Å². The first-order chi connectivity index (χ1) is 8.65. The highest BCUT2D eigenvalue weighted by Gasteiger charge is 2.09. The number of ketones is 1. The Morgan fingerprint density at radius 1 is 1.44 bits per heavy atom. The Labute approximate surface area is 110 Å². The Morgan fingerprint density at radius 2 is 2.22 bits per heavy atom. The number of Topliss-reactive ketones (excluding diaryl/α,β-unsaturated/α-hetero) is 1. The summed E-state index contributed by atoms with van der Waals surface area (Å²) in [6.45, 7) is 2.89. The van der Waals surface area contributed by atoms with E-state index in [1.54, 1.807) is 4.68 Å². The van der Waals surface area contributed by atoms with Crippen molar-refractivity contribution in [1.29, 1.82) is 0 Å². The molecule has 0 radical (unpaired) electrons. The quantitative estimate of drug-likeness (QED) is 0.731. The van der Waals surface area contributed by atoms with Crippen molar-refractivity contribution in [2.75, 3.05) is 6.54 Å². The SMILES string of the molecule is CCC(CCN)CCC(=O)CCc1cnn(C)c1. The molecular weight excluding hydrogens is 226 g/mol. The predicted octanol–water partition coefficient (Wildman–Crippen LogP) is 2.08. The molecule has 0 aliphatic rings. The fourth-order valence-electron chi connectivity index (χ4n) is 2.16. The highest BCUT2D eigenvalue weighted by Crippen LogP contribution is 2.15. The number of carbonyl (C=O) groups excluding carboxylic acids is 1. The van der Waals surface area contributed by atoms with Gasteiger partial charge < -0.3 is 5.73 Å². The third-order valence-corrected chi connectivity index (χ3v) is 3.43. The number of hydrogen-bond donors (Lipinski definition) is 1. The number of nitrogens with zero attached hydrogens (tertiary/aromatic N) is 2. The summed E-state index contributed by atoms with van der Waals surface area (Å²) in [5, 5.41) is 4.10. The van der Waals surface area contributed by atoms with Crippen LogP contribution >= 0.6 is 0 Å². The van der Waals surface area contributed by atoms with Crippen molar-refractivity contribution in [2.24, 2.45) is 18.7 Å². The van der Waals surface area contributed by atoms with E-state index in [4.69, 9.17) is 5.73 Å². The van der Waals surface area contributed by atoms with Gasteiger partial charge in [0, 0.05) is 26.1 Å². The van der Waals surface area contributed by atoms with Gasteiger partial charge in [0.2, 0.25) is 0 Å².